The van der Waals surface area contributed by atoms with Crippen molar-refractivity contribution in [3.63, 3.8) is 0 Å². The van der Waals surface area contributed by atoms with Crippen LogP contribution in [0.5, 0.6) is 0 Å². The molecule has 1 saturated heterocycles. The Kier molecular flexibility index (Phi) is 5.33. The predicted octanol–water partition coefficient (Wildman–Crippen LogP) is 2.30. The highest BCUT2D eigenvalue weighted by molar-refractivity contribution is 6.33. The molecule has 2 unspecified atom stereocenters. The summed E-state index contributed by atoms with van der Waals surface area (Å²) in [7, 11) is 0. The van der Waals surface area contributed by atoms with Crippen molar-refractivity contribution in [3.05, 3.63) is 33.3 Å². The number of morpholine rings is 1. The van der Waals surface area contributed by atoms with Crippen LogP contribution in [0.3, 0.4) is 0 Å². The minimum atomic E-state index is -0.530. The molecule has 22 heavy (non-hydrogen) atoms. The van der Waals surface area contributed by atoms with Gasteiger partial charge in [-0.3, -0.25) is 19.8 Å². The lowest BCUT2D eigenvalue weighted by Gasteiger charge is -2.34. The number of nitro groups is 1. The zero-order valence-corrected chi connectivity index (χ0v) is 13.2. The Morgan fingerprint density at radius 3 is 2.68 bits per heavy atom. The van der Waals surface area contributed by atoms with Crippen molar-refractivity contribution < 1.29 is 14.5 Å². The van der Waals surface area contributed by atoms with Gasteiger partial charge in [0.25, 0.3) is 5.69 Å². The van der Waals surface area contributed by atoms with Crippen molar-refractivity contribution in [2.24, 2.45) is 0 Å². The monoisotopic (exact) mass is 327 g/mol. The average Bonchev–Trinajstić information content (AvgIpc) is 2.39. The van der Waals surface area contributed by atoms with Crippen LogP contribution in [0, 0.1) is 10.1 Å². The number of benzene rings is 1. The second-order valence-electron chi connectivity index (χ2n) is 5.42. The molecule has 1 fully saturated rings. The molecule has 0 aliphatic carbocycles. The molecular formula is C14H18ClN3O4. The van der Waals surface area contributed by atoms with Gasteiger partial charge in [0.1, 0.15) is 0 Å². The SMILES string of the molecule is CC1CN(CC(=O)Nc2cc([N+](=O)[O-])ccc2Cl)CC(C)O1. The van der Waals surface area contributed by atoms with E-state index in [2.05, 4.69) is 5.32 Å². The van der Waals surface area contributed by atoms with Crippen molar-refractivity contribution in [3.8, 4) is 0 Å². The Bertz CT molecular complexity index is 571. The molecular weight excluding hydrogens is 310 g/mol. The number of amides is 1. The molecule has 0 spiro atoms. The van der Waals surface area contributed by atoms with E-state index in [-0.39, 0.29) is 41.1 Å². The predicted molar refractivity (Wildman–Crippen MR) is 83.2 cm³/mol. The van der Waals surface area contributed by atoms with E-state index in [9.17, 15) is 14.9 Å². The van der Waals surface area contributed by atoms with E-state index in [1.54, 1.807) is 0 Å². The summed E-state index contributed by atoms with van der Waals surface area (Å²) in [6, 6.07) is 3.95. The number of nitro benzene ring substituents is 1. The van der Waals surface area contributed by atoms with Gasteiger partial charge in [-0.05, 0) is 19.9 Å². The van der Waals surface area contributed by atoms with Crippen LogP contribution in [0.4, 0.5) is 11.4 Å². The smallest absolute Gasteiger partial charge is 0.271 e. The number of carbonyl (C=O) groups excluding carboxylic acids is 1. The quantitative estimate of drug-likeness (QED) is 0.677. The number of nitrogens with one attached hydrogen (secondary N) is 1. The molecule has 0 radical (unpaired) electrons. The summed E-state index contributed by atoms with van der Waals surface area (Å²) in [4.78, 5) is 24.3. The Balaban J connectivity index is 2.00. The molecule has 8 heteroatoms. The van der Waals surface area contributed by atoms with E-state index in [1.807, 2.05) is 18.7 Å². The van der Waals surface area contributed by atoms with Crippen molar-refractivity contribution in [1.29, 1.82) is 0 Å². The lowest BCUT2D eigenvalue weighted by Crippen LogP contribution is -2.48. The fraction of sp³-hybridized carbons (Fsp3) is 0.500. The van der Waals surface area contributed by atoms with Crippen LogP contribution in [-0.2, 0) is 9.53 Å². The van der Waals surface area contributed by atoms with Crippen molar-refractivity contribution >= 4 is 28.9 Å². The van der Waals surface area contributed by atoms with E-state index in [0.29, 0.717) is 13.1 Å². The first kappa shape index (κ1) is 16.7. The number of halogens is 1. The van der Waals surface area contributed by atoms with Gasteiger partial charge in [0.15, 0.2) is 0 Å². The van der Waals surface area contributed by atoms with Gasteiger partial charge in [-0.15, -0.1) is 0 Å². The Hall–Kier alpha value is -1.70. The highest BCUT2D eigenvalue weighted by Gasteiger charge is 2.24. The van der Waals surface area contributed by atoms with Gasteiger partial charge in [-0.1, -0.05) is 11.6 Å². The molecule has 0 aromatic heterocycles. The van der Waals surface area contributed by atoms with Crippen molar-refractivity contribution in [2.75, 3.05) is 25.0 Å². The molecule has 1 aromatic rings. The number of carbonyl (C=O) groups is 1. The average molecular weight is 328 g/mol. The lowest BCUT2D eigenvalue weighted by atomic mass is 10.2. The summed E-state index contributed by atoms with van der Waals surface area (Å²) >= 11 is 5.96. The van der Waals surface area contributed by atoms with Crippen LogP contribution in [0.25, 0.3) is 0 Å². The van der Waals surface area contributed by atoms with E-state index >= 15 is 0 Å². The maximum absolute atomic E-state index is 12.1. The zero-order chi connectivity index (χ0) is 16.3. The molecule has 120 valence electrons. The molecule has 0 saturated carbocycles. The largest absolute Gasteiger partial charge is 0.373 e. The van der Waals surface area contributed by atoms with Gasteiger partial charge in [0, 0.05) is 25.2 Å². The van der Waals surface area contributed by atoms with Crippen LogP contribution >= 0.6 is 11.6 Å². The minimum absolute atomic E-state index is 0.0675. The van der Waals surface area contributed by atoms with Crippen LogP contribution in [0.15, 0.2) is 18.2 Å². The zero-order valence-electron chi connectivity index (χ0n) is 12.4. The third-order valence-electron chi connectivity index (χ3n) is 3.30. The summed E-state index contributed by atoms with van der Waals surface area (Å²) < 4.78 is 5.61. The normalized spacial score (nSPS) is 22.3. The molecule has 2 rings (SSSR count). The first-order chi connectivity index (χ1) is 10.3. The first-order valence-electron chi connectivity index (χ1n) is 6.96. The van der Waals surface area contributed by atoms with E-state index < -0.39 is 4.92 Å². The second-order valence-corrected chi connectivity index (χ2v) is 5.83. The van der Waals surface area contributed by atoms with Crippen molar-refractivity contribution in [1.82, 2.24) is 4.90 Å². The number of ether oxygens (including phenoxy) is 1. The third-order valence-corrected chi connectivity index (χ3v) is 3.63. The summed E-state index contributed by atoms with van der Waals surface area (Å²) in [6.07, 6.45) is 0.135. The first-order valence-corrected chi connectivity index (χ1v) is 7.34. The summed E-state index contributed by atoms with van der Waals surface area (Å²) in [5, 5.41) is 13.7. The van der Waals surface area contributed by atoms with Crippen LogP contribution in [-0.4, -0.2) is 47.6 Å². The van der Waals surface area contributed by atoms with Gasteiger partial charge >= 0.3 is 0 Å². The molecule has 1 N–H and O–H groups in total. The summed E-state index contributed by atoms with van der Waals surface area (Å²) in [5.74, 6) is -0.260. The van der Waals surface area contributed by atoms with Crippen LogP contribution in [0.2, 0.25) is 5.02 Å². The standard InChI is InChI=1S/C14H18ClN3O4/c1-9-6-17(7-10(2)22-9)8-14(19)16-13-5-11(18(20)21)3-4-12(13)15/h3-5,9-10H,6-8H2,1-2H3,(H,16,19). The van der Waals surface area contributed by atoms with Gasteiger partial charge in [0.05, 0.1) is 34.4 Å². The van der Waals surface area contributed by atoms with Gasteiger partial charge in [-0.2, -0.15) is 0 Å². The molecule has 1 aliphatic heterocycles. The Morgan fingerprint density at radius 1 is 1.45 bits per heavy atom. The summed E-state index contributed by atoms with van der Waals surface area (Å²) in [5.41, 5.74) is 0.128. The summed E-state index contributed by atoms with van der Waals surface area (Å²) in [6.45, 7) is 5.44. The number of nitrogens with zero attached hydrogens (tertiary/aromatic N) is 2. The van der Waals surface area contributed by atoms with Crippen LogP contribution in [0.1, 0.15) is 13.8 Å². The van der Waals surface area contributed by atoms with Crippen molar-refractivity contribution in [2.45, 2.75) is 26.1 Å². The number of hydrogen-bond acceptors (Lipinski definition) is 5. The van der Waals surface area contributed by atoms with E-state index in [1.165, 1.54) is 18.2 Å². The maximum Gasteiger partial charge on any atom is 0.271 e. The number of rotatable bonds is 4. The number of non-ortho nitro benzene ring substituents is 1. The van der Waals surface area contributed by atoms with Crippen LogP contribution < -0.4 is 5.32 Å². The topological polar surface area (TPSA) is 84.7 Å². The molecule has 1 aromatic carbocycles. The second kappa shape index (κ2) is 7.04. The maximum atomic E-state index is 12.1. The molecule has 0 bridgehead atoms. The molecule has 1 heterocycles. The van der Waals surface area contributed by atoms with E-state index in [0.717, 1.165) is 0 Å². The number of anilines is 1. The highest BCUT2D eigenvalue weighted by atomic mass is 35.5. The van der Waals surface area contributed by atoms with Gasteiger partial charge in [-0.25, -0.2) is 0 Å². The Labute approximate surface area is 133 Å². The third kappa shape index (κ3) is 4.40. The molecule has 1 amide bonds. The molecule has 7 nitrogen and oxygen atoms in total. The molecule has 1 aliphatic rings. The van der Waals surface area contributed by atoms with Gasteiger partial charge < -0.3 is 10.1 Å². The fourth-order valence-electron chi connectivity index (χ4n) is 2.53. The lowest BCUT2D eigenvalue weighted by molar-refractivity contribution is -0.384. The van der Waals surface area contributed by atoms with Gasteiger partial charge in [0.2, 0.25) is 5.91 Å². The molecule has 2 atom stereocenters. The number of hydrogen-bond donors (Lipinski definition) is 1. The minimum Gasteiger partial charge on any atom is -0.373 e. The van der Waals surface area contributed by atoms with E-state index in [4.69, 9.17) is 16.3 Å². The highest BCUT2D eigenvalue weighted by Crippen LogP contribution is 2.26. The fourth-order valence-corrected chi connectivity index (χ4v) is 2.69. The Morgan fingerprint density at radius 2 is 2.09 bits per heavy atom.